The number of rotatable bonds is 10. The number of β-lactam (4-membered cyclic amide) rings is 1. The second kappa shape index (κ2) is 9.52. The van der Waals surface area contributed by atoms with Gasteiger partial charge in [-0.25, -0.2) is 23.7 Å². The van der Waals surface area contributed by atoms with Crippen molar-refractivity contribution < 1.29 is 37.3 Å². The number of carbonyl (C=O) groups excluding carboxylic acids is 2. The van der Waals surface area contributed by atoms with Gasteiger partial charge in [0.2, 0.25) is 5.60 Å². The minimum absolute atomic E-state index is 0.0533. The zero-order chi connectivity index (χ0) is 26.1. The molecule has 2 amide bonds. The lowest BCUT2D eigenvalue weighted by Gasteiger charge is -2.44. The number of carboxylic acid groups (broad SMARTS) is 1. The van der Waals surface area contributed by atoms with Crippen LogP contribution in [0.4, 0.5) is 5.13 Å². The summed E-state index contributed by atoms with van der Waals surface area (Å²) in [5, 5.41) is 20.4. The number of hydrogen-bond acceptors (Lipinski definition) is 13. The van der Waals surface area contributed by atoms with Crippen molar-refractivity contribution >= 4 is 50.3 Å². The molecule has 0 aromatic carbocycles. The highest BCUT2D eigenvalue weighted by Gasteiger charge is 2.54. The summed E-state index contributed by atoms with van der Waals surface area (Å²) in [4.78, 5) is 49.7. The predicted molar refractivity (Wildman–Crippen MR) is 118 cm³/mol. The normalized spacial score (nSPS) is 18.8. The third-order valence-electron chi connectivity index (χ3n) is 4.80. The van der Waals surface area contributed by atoms with E-state index in [1.807, 2.05) is 0 Å². The topological polar surface area (TPSA) is 258 Å². The molecule has 1 saturated heterocycles. The Morgan fingerprint density at radius 2 is 2.09 bits per heavy atom. The number of carbonyl (C=O) groups is 3. The SMILES string of the molecule is CC(C)(ON=C(C(=O)N[C@@H]1C(=O)N(S(=O)(=O)O)[C@H]1Cn1ncnc1CN)c1csc(N)n1)C(=O)O. The number of thiazole rings is 1. The highest BCUT2D eigenvalue weighted by molar-refractivity contribution is 7.84. The van der Waals surface area contributed by atoms with Gasteiger partial charge in [-0.3, -0.25) is 14.1 Å². The second-order valence-electron chi connectivity index (χ2n) is 7.61. The molecule has 0 bridgehead atoms. The monoisotopic (exact) mass is 531 g/mol. The number of aliphatic carboxylic acids is 1. The highest BCUT2D eigenvalue weighted by atomic mass is 32.2. The zero-order valence-corrected chi connectivity index (χ0v) is 19.9. The van der Waals surface area contributed by atoms with E-state index in [1.165, 1.54) is 23.9 Å². The van der Waals surface area contributed by atoms with Crippen molar-refractivity contribution in [2.45, 2.75) is 44.6 Å². The molecule has 17 nitrogen and oxygen atoms in total. The van der Waals surface area contributed by atoms with Gasteiger partial charge in [0.1, 0.15) is 23.9 Å². The molecule has 1 fully saturated rings. The van der Waals surface area contributed by atoms with Crippen molar-refractivity contribution in [3.05, 3.63) is 23.2 Å². The maximum absolute atomic E-state index is 13.0. The fourth-order valence-electron chi connectivity index (χ4n) is 2.93. The molecule has 190 valence electrons. The maximum Gasteiger partial charge on any atom is 0.362 e. The van der Waals surface area contributed by atoms with Crippen LogP contribution in [0.1, 0.15) is 25.4 Å². The summed E-state index contributed by atoms with van der Waals surface area (Å²) in [7, 11) is -4.97. The number of carboxylic acids is 1. The average molecular weight is 532 g/mol. The first-order valence-corrected chi connectivity index (χ1v) is 11.9. The molecule has 1 aliphatic rings. The van der Waals surface area contributed by atoms with Gasteiger partial charge in [-0.15, -0.1) is 11.3 Å². The maximum atomic E-state index is 13.0. The lowest BCUT2D eigenvalue weighted by molar-refractivity contribution is -0.161. The summed E-state index contributed by atoms with van der Waals surface area (Å²) in [5.74, 6) is -3.30. The third kappa shape index (κ3) is 5.37. The quantitative estimate of drug-likeness (QED) is 0.0924. The van der Waals surface area contributed by atoms with Crippen molar-refractivity contribution in [2.75, 3.05) is 5.73 Å². The lowest BCUT2D eigenvalue weighted by atomic mass is 9.98. The molecule has 3 heterocycles. The second-order valence-corrected chi connectivity index (χ2v) is 9.79. The minimum Gasteiger partial charge on any atom is -0.478 e. The molecular formula is C16H21N9O8S2. The van der Waals surface area contributed by atoms with Gasteiger partial charge in [0.15, 0.2) is 10.8 Å². The number of nitrogens with zero attached hydrogens (tertiary/aromatic N) is 6. The Hall–Kier alpha value is -3.68. The third-order valence-corrected chi connectivity index (χ3v) is 6.42. The summed E-state index contributed by atoms with van der Waals surface area (Å²) < 4.78 is 34.3. The number of oxime groups is 1. The number of anilines is 1. The van der Waals surface area contributed by atoms with Crippen molar-refractivity contribution in [3.63, 3.8) is 0 Å². The fourth-order valence-corrected chi connectivity index (χ4v) is 4.35. The van der Waals surface area contributed by atoms with Crippen LogP contribution in [0.2, 0.25) is 0 Å². The molecule has 7 N–H and O–H groups in total. The predicted octanol–water partition coefficient (Wildman–Crippen LogP) is -2.44. The van der Waals surface area contributed by atoms with Gasteiger partial charge in [-0.2, -0.15) is 13.5 Å². The number of nitrogen functional groups attached to an aromatic ring is 1. The van der Waals surface area contributed by atoms with Crippen LogP contribution in [0.15, 0.2) is 16.9 Å². The van der Waals surface area contributed by atoms with E-state index in [4.69, 9.17) is 16.3 Å². The van der Waals surface area contributed by atoms with E-state index in [-0.39, 0.29) is 34.0 Å². The minimum atomic E-state index is -4.97. The Labute approximate surface area is 201 Å². The average Bonchev–Trinajstić information content (AvgIpc) is 3.39. The molecule has 2 aromatic heterocycles. The van der Waals surface area contributed by atoms with Crippen LogP contribution in [-0.2, 0) is 42.6 Å². The van der Waals surface area contributed by atoms with E-state index in [2.05, 4.69) is 25.5 Å². The number of nitrogens with two attached hydrogens (primary N) is 2. The van der Waals surface area contributed by atoms with Crippen LogP contribution in [-0.4, -0.2) is 83.3 Å². The van der Waals surface area contributed by atoms with Crippen LogP contribution in [0.25, 0.3) is 0 Å². The first kappa shape index (κ1) is 25.9. The molecule has 3 rings (SSSR count). The van der Waals surface area contributed by atoms with E-state index in [0.717, 1.165) is 17.7 Å². The fraction of sp³-hybridized carbons (Fsp3) is 0.438. The lowest BCUT2D eigenvalue weighted by Crippen LogP contribution is -2.73. The molecule has 1 aliphatic heterocycles. The summed E-state index contributed by atoms with van der Waals surface area (Å²) in [6.07, 6.45) is 1.16. The molecular weight excluding hydrogens is 510 g/mol. The number of aromatic nitrogens is 4. The van der Waals surface area contributed by atoms with E-state index < -0.39 is 51.5 Å². The van der Waals surface area contributed by atoms with Gasteiger partial charge in [-0.05, 0) is 13.8 Å². The summed E-state index contributed by atoms with van der Waals surface area (Å²) in [5.41, 5.74) is 8.74. The van der Waals surface area contributed by atoms with Crippen molar-refractivity contribution in [1.82, 2.24) is 29.4 Å². The molecule has 2 aromatic rings. The molecule has 2 atom stereocenters. The van der Waals surface area contributed by atoms with Gasteiger partial charge >= 0.3 is 16.3 Å². The first-order chi connectivity index (χ1) is 16.3. The van der Waals surface area contributed by atoms with Crippen molar-refractivity contribution in [3.8, 4) is 0 Å². The highest BCUT2D eigenvalue weighted by Crippen LogP contribution is 2.26. The van der Waals surface area contributed by atoms with Crippen LogP contribution in [0.3, 0.4) is 0 Å². The first-order valence-electron chi connectivity index (χ1n) is 9.65. The van der Waals surface area contributed by atoms with E-state index >= 15 is 0 Å². The van der Waals surface area contributed by atoms with Gasteiger partial charge in [0.25, 0.3) is 11.8 Å². The Kier molecular flexibility index (Phi) is 7.06. The molecule has 0 radical (unpaired) electrons. The Bertz CT molecular complexity index is 1290. The molecule has 0 spiro atoms. The Balaban J connectivity index is 1.90. The van der Waals surface area contributed by atoms with Crippen LogP contribution < -0.4 is 16.8 Å². The number of nitrogens with one attached hydrogen (secondary N) is 1. The van der Waals surface area contributed by atoms with Gasteiger partial charge in [0.05, 0.1) is 19.1 Å². The Morgan fingerprint density at radius 3 is 2.63 bits per heavy atom. The van der Waals surface area contributed by atoms with Gasteiger partial charge < -0.3 is 26.7 Å². The molecule has 0 unspecified atom stereocenters. The van der Waals surface area contributed by atoms with Crippen molar-refractivity contribution in [1.29, 1.82) is 0 Å². The summed E-state index contributed by atoms with van der Waals surface area (Å²) in [6, 6.07) is -2.75. The standard InChI is InChI=1S/C16H21N9O8S2/c1-16(2,14(28)29)33-23-10(7-5-34-15(18)21-7)12(26)22-11-8(25(13(11)27)35(30,31)32)4-24-9(3-17)19-6-20-24/h5-6,8,11H,3-4,17H2,1-2H3,(H2,18,21)(H,22,26)(H,28,29)(H,30,31,32)/t8-,11-/m0/s1. The number of amides is 2. The Morgan fingerprint density at radius 1 is 1.40 bits per heavy atom. The van der Waals surface area contributed by atoms with Crippen LogP contribution in [0.5, 0.6) is 0 Å². The molecule has 19 heteroatoms. The largest absolute Gasteiger partial charge is 0.478 e. The number of hydrogen-bond donors (Lipinski definition) is 5. The smallest absolute Gasteiger partial charge is 0.362 e. The van der Waals surface area contributed by atoms with E-state index in [0.29, 0.717) is 0 Å². The molecule has 0 saturated carbocycles. The molecule has 35 heavy (non-hydrogen) atoms. The van der Waals surface area contributed by atoms with Crippen molar-refractivity contribution in [2.24, 2.45) is 10.9 Å². The van der Waals surface area contributed by atoms with E-state index in [9.17, 15) is 32.5 Å². The van der Waals surface area contributed by atoms with Gasteiger partial charge in [0, 0.05) is 5.38 Å². The van der Waals surface area contributed by atoms with Crippen LogP contribution in [0, 0.1) is 0 Å². The zero-order valence-electron chi connectivity index (χ0n) is 18.2. The molecule has 0 aliphatic carbocycles. The van der Waals surface area contributed by atoms with E-state index in [1.54, 1.807) is 0 Å². The summed E-state index contributed by atoms with van der Waals surface area (Å²) >= 11 is 0.956. The summed E-state index contributed by atoms with van der Waals surface area (Å²) in [6.45, 7) is 2.03. The van der Waals surface area contributed by atoms with Crippen LogP contribution >= 0.6 is 11.3 Å². The van der Waals surface area contributed by atoms with Gasteiger partial charge in [-0.1, -0.05) is 5.16 Å².